The van der Waals surface area contributed by atoms with Gasteiger partial charge in [0.1, 0.15) is 0 Å². The molecule has 0 fully saturated rings. The predicted molar refractivity (Wildman–Crippen MR) is 102 cm³/mol. The van der Waals surface area contributed by atoms with Gasteiger partial charge >= 0.3 is 5.97 Å². The Morgan fingerprint density at radius 1 is 1.17 bits per heavy atom. The molecular weight excluding hydrogens is 397 g/mol. The summed E-state index contributed by atoms with van der Waals surface area (Å²) in [4.78, 5) is 36.5. The third kappa shape index (κ3) is 3.45. The molecule has 3 aromatic rings. The van der Waals surface area contributed by atoms with E-state index in [0.717, 1.165) is 0 Å². The van der Waals surface area contributed by atoms with Crippen LogP contribution >= 0.6 is 0 Å². The van der Waals surface area contributed by atoms with Gasteiger partial charge in [0.05, 0.1) is 5.69 Å². The van der Waals surface area contributed by atoms with Crippen molar-refractivity contribution < 1.29 is 37.4 Å². The summed E-state index contributed by atoms with van der Waals surface area (Å²) in [6.45, 7) is 2.31. The van der Waals surface area contributed by atoms with E-state index in [4.69, 9.17) is 18.6 Å². The molecule has 154 valence electrons. The van der Waals surface area contributed by atoms with Crippen molar-refractivity contribution in [2.24, 2.45) is 0 Å². The van der Waals surface area contributed by atoms with Crippen molar-refractivity contribution in [3.63, 3.8) is 0 Å². The molecule has 1 aliphatic heterocycles. The number of carbonyl (C=O) groups is 3. The summed E-state index contributed by atoms with van der Waals surface area (Å²) in [7, 11) is 0. The third-order valence-corrected chi connectivity index (χ3v) is 4.60. The number of halogens is 1. The number of carbonyl (C=O) groups excluding carboxylic acids is 3. The molecule has 1 amide bonds. The fourth-order valence-corrected chi connectivity index (χ4v) is 3.12. The highest BCUT2D eigenvalue weighted by molar-refractivity contribution is 6.05. The lowest BCUT2D eigenvalue weighted by Crippen LogP contribution is -2.22. The van der Waals surface area contributed by atoms with E-state index in [0.29, 0.717) is 22.4 Å². The molecule has 4 rings (SSSR count). The van der Waals surface area contributed by atoms with Crippen molar-refractivity contribution in [3.05, 3.63) is 53.0 Å². The van der Waals surface area contributed by atoms with E-state index < -0.39 is 24.3 Å². The zero-order chi connectivity index (χ0) is 21.4. The molecule has 1 aliphatic rings. The maximum atomic E-state index is 13.8. The molecule has 0 spiro atoms. The van der Waals surface area contributed by atoms with E-state index in [2.05, 4.69) is 5.32 Å². The first-order chi connectivity index (χ1) is 14.3. The molecule has 0 unspecified atom stereocenters. The number of fused-ring (bicyclic) bond motifs is 2. The number of esters is 1. The smallest absolute Gasteiger partial charge is 0.375 e. The lowest BCUT2D eigenvalue weighted by atomic mass is 10.1. The number of anilines is 1. The summed E-state index contributed by atoms with van der Waals surface area (Å²) in [5, 5.41) is 2.96. The number of furan rings is 1. The Morgan fingerprint density at radius 3 is 2.60 bits per heavy atom. The van der Waals surface area contributed by atoms with Crippen molar-refractivity contribution in [2.45, 2.75) is 13.8 Å². The summed E-state index contributed by atoms with van der Waals surface area (Å²) in [5.41, 5.74) is 0.778. The molecule has 1 aromatic heterocycles. The van der Waals surface area contributed by atoms with Crippen LogP contribution in [0.1, 0.15) is 33.4 Å². The van der Waals surface area contributed by atoms with Gasteiger partial charge in [-0.15, -0.1) is 0 Å². The molecule has 0 aliphatic carbocycles. The van der Waals surface area contributed by atoms with E-state index >= 15 is 0 Å². The molecule has 0 radical (unpaired) electrons. The maximum absolute atomic E-state index is 13.8. The van der Waals surface area contributed by atoms with Crippen LogP contribution in [0.3, 0.4) is 0 Å². The van der Waals surface area contributed by atoms with E-state index in [-0.39, 0.29) is 35.2 Å². The van der Waals surface area contributed by atoms with Crippen molar-refractivity contribution in [1.29, 1.82) is 0 Å². The van der Waals surface area contributed by atoms with Gasteiger partial charge in [0.25, 0.3) is 5.91 Å². The number of amides is 1. The zero-order valence-electron chi connectivity index (χ0n) is 16.0. The van der Waals surface area contributed by atoms with Crippen LogP contribution in [-0.4, -0.2) is 31.1 Å². The minimum absolute atomic E-state index is 0.0130. The second-order valence-corrected chi connectivity index (χ2v) is 6.60. The molecule has 0 saturated heterocycles. The maximum Gasteiger partial charge on any atom is 0.375 e. The molecule has 0 atom stereocenters. The first-order valence-electron chi connectivity index (χ1n) is 8.94. The third-order valence-electron chi connectivity index (χ3n) is 4.60. The van der Waals surface area contributed by atoms with Gasteiger partial charge < -0.3 is 23.9 Å². The number of para-hydroxylation sites is 1. The van der Waals surface area contributed by atoms with Crippen LogP contribution in [0, 0.1) is 12.7 Å². The number of ether oxygens (including phenoxy) is 3. The second kappa shape index (κ2) is 7.51. The van der Waals surface area contributed by atoms with Gasteiger partial charge in [0.15, 0.2) is 35.3 Å². The largest absolute Gasteiger partial charge is 0.454 e. The number of nitrogens with one attached hydrogen (secondary N) is 1. The van der Waals surface area contributed by atoms with Crippen molar-refractivity contribution in [1.82, 2.24) is 0 Å². The molecule has 8 nitrogen and oxygen atoms in total. The first kappa shape index (κ1) is 19.4. The first-order valence-corrected chi connectivity index (χ1v) is 8.94. The van der Waals surface area contributed by atoms with Crippen molar-refractivity contribution >= 4 is 34.3 Å². The Bertz CT molecular complexity index is 1200. The quantitative estimate of drug-likeness (QED) is 0.503. The van der Waals surface area contributed by atoms with E-state index in [9.17, 15) is 18.8 Å². The van der Waals surface area contributed by atoms with Crippen molar-refractivity contribution in [2.75, 3.05) is 18.7 Å². The van der Waals surface area contributed by atoms with Crippen LogP contribution in [0.4, 0.5) is 10.1 Å². The van der Waals surface area contributed by atoms with Gasteiger partial charge in [0.2, 0.25) is 12.6 Å². The Labute approximate surface area is 169 Å². The molecular formula is C21H16FNO7. The average molecular weight is 413 g/mol. The molecule has 0 saturated carbocycles. The van der Waals surface area contributed by atoms with Gasteiger partial charge in [-0.3, -0.25) is 9.59 Å². The highest BCUT2D eigenvalue weighted by atomic mass is 19.1. The van der Waals surface area contributed by atoms with Gasteiger partial charge in [0, 0.05) is 22.6 Å². The molecule has 9 heteroatoms. The van der Waals surface area contributed by atoms with Crippen LogP contribution < -0.4 is 14.8 Å². The lowest BCUT2D eigenvalue weighted by Gasteiger charge is -2.10. The van der Waals surface area contributed by atoms with E-state index in [1.54, 1.807) is 13.0 Å². The van der Waals surface area contributed by atoms with Crippen LogP contribution in [0.25, 0.3) is 11.0 Å². The number of aryl methyl sites for hydroxylation is 1. The van der Waals surface area contributed by atoms with Gasteiger partial charge in [-0.1, -0.05) is 12.1 Å². The van der Waals surface area contributed by atoms with Crippen LogP contribution in [0.2, 0.25) is 0 Å². The molecule has 2 heterocycles. The van der Waals surface area contributed by atoms with Gasteiger partial charge in [-0.05, 0) is 26.0 Å². The van der Waals surface area contributed by atoms with Gasteiger partial charge in [-0.25, -0.2) is 9.18 Å². The van der Waals surface area contributed by atoms with Crippen LogP contribution in [0.15, 0.2) is 34.7 Å². The number of ketones is 1. The number of hydrogen-bond acceptors (Lipinski definition) is 7. The van der Waals surface area contributed by atoms with Crippen LogP contribution in [0.5, 0.6) is 11.5 Å². The Balaban J connectivity index is 1.47. The Kier molecular flexibility index (Phi) is 4.86. The lowest BCUT2D eigenvalue weighted by molar-refractivity contribution is -0.119. The van der Waals surface area contributed by atoms with E-state index in [1.165, 1.54) is 31.2 Å². The van der Waals surface area contributed by atoms with Crippen LogP contribution in [-0.2, 0) is 9.53 Å². The predicted octanol–water partition coefficient (Wildman–Crippen LogP) is 3.61. The summed E-state index contributed by atoms with van der Waals surface area (Å²) in [5.74, 6) is -1.88. The molecule has 2 aromatic carbocycles. The zero-order valence-corrected chi connectivity index (χ0v) is 16.0. The number of rotatable bonds is 5. The highest BCUT2D eigenvalue weighted by Gasteiger charge is 2.23. The fourth-order valence-electron chi connectivity index (χ4n) is 3.12. The number of Topliss-reactive ketones (excluding diaryl/α,β-unsaturated/α-hetero) is 1. The summed E-state index contributed by atoms with van der Waals surface area (Å²) >= 11 is 0. The SMILES string of the molecule is CC(=O)c1cc2c(cc1NC(=O)COC(=O)c1oc3c(F)cccc3c1C)OCO2. The minimum atomic E-state index is -0.907. The minimum Gasteiger partial charge on any atom is -0.454 e. The molecule has 30 heavy (non-hydrogen) atoms. The second-order valence-electron chi connectivity index (χ2n) is 6.60. The van der Waals surface area contributed by atoms with E-state index in [1.807, 2.05) is 0 Å². The van der Waals surface area contributed by atoms with Crippen molar-refractivity contribution in [3.8, 4) is 11.5 Å². The highest BCUT2D eigenvalue weighted by Crippen LogP contribution is 2.37. The number of benzene rings is 2. The topological polar surface area (TPSA) is 104 Å². The van der Waals surface area contributed by atoms with Gasteiger partial charge in [-0.2, -0.15) is 0 Å². The monoisotopic (exact) mass is 413 g/mol. The average Bonchev–Trinajstić information content (AvgIpc) is 3.30. The standard InChI is InChI=1S/C21H16FNO7/c1-10-12-4-3-5-14(22)20(12)30-19(10)21(26)27-8-18(25)23-15-7-17-16(28-9-29-17)6-13(15)11(2)24/h3-7H,8-9H2,1-2H3,(H,23,25). The Morgan fingerprint density at radius 2 is 1.90 bits per heavy atom. The molecule has 0 bridgehead atoms. The normalized spacial score (nSPS) is 12.1. The fraction of sp³-hybridized carbons (Fsp3) is 0.190. The summed E-state index contributed by atoms with van der Waals surface area (Å²) in [6, 6.07) is 7.26. The summed E-state index contributed by atoms with van der Waals surface area (Å²) in [6.07, 6.45) is 0. The molecule has 1 N–H and O–H groups in total. The number of hydrogen-bond donors (Lipinski definition) is 1. The summed E-state index contributed by atoms with van der Waals surface area (Å²) < 4.78 is 34.6. The Hall–Kier alpha value is -3.88.